The van der Waals surface area contributed by atoms with Crippen molar-refractivity contribution < 1.29 is 4.79 Å². The fourth-order valence-corrected chi connectivity index (χ4v) is 5.59. The number of benzene rings is 2. The van der Waals surface area contributed by atoms with Crippen LogP contribution in [-0.2, 0) is 10.5 Å². The van der Waals surface area contributed by atoms with Gasteiger partial charge in [0.25, 0.3) is 0 Å². The smallest absolute Gasteiger partial charge is 0.227 e. The van der Waals surface area contributed by atoms with E-state index in [1.54, 1.807) is 16.8 Å². The fourth-order valence-electron chi connectivity index (χ4n) is 3.97. The average molecular weight is 492 g/mol. The number of allylic oxidation sites excluding steroid dienone is 2. The highest BCUT2D eigenvalue weighted by Crippen LogP contribution is 2.43. The molecule has 0 spiro atoms. The van der Waals surface area contributed by atoms with Gasteiger partial charge in [0.2, 0.25) is 11.1 Å². The Kier molecular flexibility index (Phi) is 5.73. The Hall–Kier alpha value is -1.99. The summed E-state index contributed by atoms with van der Waals surface area (Å²) in [5, 5.41) is 10.4. The van der Waals surface area contributed by atoms with Crippen LogP contribution >= 0.6 is 46.6 Å². The van der Waals surface area contributed by atoms with Crippen molar-refractivity contribution in [3.8, 4) is 0 Å². The van der Waals surface area contributed by atoms with E-state index < -0.39 is 6.04 Å². The van der Waals surface area contributed by atoms with Gasteiger partial charge < -0.3 is 5.32 Å². The number of nitrogens with zero attached hydrogens (tertiary/aromatic N) is 3. The lowest BCUT2D eigenvalue weighted by Crippen LogP contribution is -2.31. The van der Waals surface area contributed by atoms with Crippen LogP contribution in [0.15, 0.2) is 58.9 Å². The lowest BCUT2D eigenvalue weighted by Gasteiger charge is -2.32. The van der Waals surface area contributed by atoms with Crippen LogP contribution in [0, 0.1) is 0 Å². The van der Waals surface area contributed by atoms with E-state index in [0.717, 1.165) is 29.7 Å². The van der Waals surface area contributed by atoms with E-state index in [2.05, 4.69) is 10.3 Å². The summed E-state index contributed by atoms with van der Waals surface area (Å²) in [6.07, 6.45) is 2.12. The van der Waals surface area contributed by atoms with Gasteiger partial charge in [-0.2, -0.15) is 4.98 Å². The predicted molar refractivity (Wildman–Crippen MR) is 125 cm³/mol. The monoisotopic (exact) mass is 490 g/mol. The minimum Gasteiger partial charge on any atom is -0.328 e. The Balaban J connectivity index is 1.54. The first kappa shape index (κ1) is 20.9. The molecule has 0 saturated heterocycles. The lowest BCUT2D eigenvalue weighted by atomic mass is 9.85. The van der Waals surface area contributed by atoms with Crippen LogP contribution < -0.4 is 5.32 Å². The molecule has 158 valence electrons. The topological polar surface area (TPSA) is 59.8 Å². The van der Waals surface area contributed by atoms with Crippen molar-refractivity contribution in [1.29, 1.82) is 0 Å². The minimum atomic E-state index is -0.439. The summed E-state index contributed by atoms with van der Waals surface area (Å²) in [4.78, 5) is 17.6. The SMILES string of the molecule is O=C1CCCC2=C1C(c1ccc(Cl)cc1Cl)n1nc(SCc3ccccc3Cl)nc1N2. The summed E-state index contributed by atoms with van der Waals surface area (Å²) in [5.41, 5.74) is 3.40. The summed E-state index contributed by atoms with van der Waals surface area (Å²) in [6, 6.07) is 12.6. The molecule has 1 aromatic heterocycles. The molecular formula is C22H17Cl3N4OS. The normalized spacial score (nSPS) is 17.9. The molecule has 2 aromatic carbocycles. The van der Waals surface area contributed by atoms with Crippen molar-refractivity contribution in [1.82, 2.24) is 14.8 Å². The molecule has 1 N–H and O–H groups in total. The van der Waals surface area contributed by atoms with Crippen molar-refractivity contribution in [2.75, 3.05) is 5.32 Å². The molecule has 0 fully saturated rings. The van der Waals surface area contributed by atoms with E-state index in [-0.39, 0.29) is 5.78 Å². The maximum Gasteiger partial charge on any atom is 0.227 e. The number of ketones is 1. The number of nitrogens with one attached hydrogen (secondary N) is 1. The molecule has 1 atom stereocenters. The molecule has 0 amide bonds. The number of thioether (sulfide) groups is 1. The molecule has 1 unspecified atom stereocenters. The molecule has 31 heavy (non-hydrogen) atoms. The average Bonchev–Trinajstić information content (AvgIpc) is 3.15. The van der Waals surface area contributed by atoms with Crippen LogP contribution in [0.2, 0.25) is 15.1 Å². The molecule has 5 rings (SSSR count). The Morgan fingerprint density at radius 3 is 2.74 bits per heavy atom. The second-order valence-corrected chi connectivity index (χ2v) is 9.60. The van der Waals surface area contributed by atoms with Crippen LogP contribution in [-0.4, -0.2) is 20.5 Å². The van der Waals surface area contributed by atoms with E-state index in [1.807, 2.05) is 30.3 Å². The number of carbonyl (C=O) groups is 1. The van der Waals surface area contributed by atoms with Crippen LogP contribution in [0.1, 0.15) is 36.4 Å². The summed E-state index contributed by atoms with van der Waals surface area (Å²) >= 11 is 20.4. The van der Waals surface area contributed by atoms with E-state index in [1.165, 1.54) is 11.8 Å². The number of fused-ring (bicyclic) bond motifs is 1. The zero-order valence-electron chi connectivity index (χ0n) is 16.2. The Bertz CT molecular complexity index is 1220. The van der Waals surface area contributed by atoms with Gasteiger partial charge in [0, 0.05) is 44.1 Å². The summed E-state index contributed by atoms with van der Waals surface area (Å²) in [6.45, 7) is 0. The van der Waals surface area contributed by atoms with Crippen molar-refractivity contribution >= 4 is 58.3 Å². The molecule has 0 bridgehead atoms. The van der Waals surface area contributed by atoms with Gasteiger partial charge in [-0.3, -0.25) is 4.79 Å². The number of carbonyl (C=O) groups excluding carboxylic acids is 1. The molecule has 2 aliphatic rings. The zero-order valence-corrected chi connectivity index (χ0v) is 19.3. The number of halogens is 3. The minimum absolute atomic E-state index is 0.108. The molecular weight excluding hydrogens is 475 g/mol. The Labute approximate surface area is 198 Å². The molecule has 0 saturated carbocycles. The van der Waals surface area contributed by atoms with Gasteiger partial charge in [0.15, 0.2) is 5.78 Å². The molecule has 1 aliphatic carbocycles. The van der Waals surface area contributed by atoms with Crippen LogP contribution in [0.3, 0.4) is 0 Å². The zero-order chi connectivity index (χ0) is 21.5. The van der Waals surface area contributed by atoms with Gasteiger partial charge >= 0.3 is 0 Å². The maximum atomic E-state index is 12.9. The lowest BCUT2D eigenvalue weighted by molar-refractivity contribution is -0.116. The van der Waals surface area contributed by atoms with E-state index >= 15 is 0 Å². The summed E-state index contributed by atoms with van der Waals surface area (Å²) in [7, 11) is 0. The molecule has 1 aliphatic heterocycles. The number of Topliss-reactive ketones (excluding diaryl/α,β-unsaturated/α-hetero) is 1. The fraction of sp³-hybridized carbons (Fsp3) is 0.227. The van der Waals surface area contributed by atoms with Gasteiger partial charge in [-0.05, 0) is 36.6 Å². The van der Waals surface area contributed by atoms with Crippen molar-refractivity contribution in [2.45, 2.75) is 36.2 Å². The highest BCUT2D eigenvalue weighted by Gasteiger charge is 2.37. The van der Waals surface area contributed by atoms with Gasteiger partial charge in [0.05, 0.1) is 0 Å². The molecule has 0 radical (unpaired) electrons. The number of rotatable bonds is 4. The second-order valence-electron chi connectivity index (χ2n) is 7.40. The molecule has 3 aromatic rings. The van der Waals surface area contributed by atoms with E-state index in [9.17, 15) is 4.79 Å². The van der Waals surface area contributed by atoms with Crippen LogP contribution in [0.4, 0.5) is 5.95 Å². The number of aromatic nitrogens is 3. The Morgan fingerprint density at radius 1 is 1.10 bits per heavy atom. The van der Waals surface area contributed by atoms with Crippen molar-refractivity contribution in [3.05, 3.63) is 79.9 Å². The molecule has 9 heteroatoms. The quantitative estimate of drug-likeness (QED) is 0.419. The van der Waals surface area contributed by atoms with Gasteiger partial charge in [-0.25, -0.2) is 4.68 Å². The van der Waals surface area contributed by atoms with E-state index in [4.69, 9.17) is 39.9 Å². The third-order valence-corrected chi connectivity index (χ3v) is 7.24. The number of hydrogen-bond donors (Lipinski definition) is 1. The first-order valence-corrected chi connectivity index (χ1v) is 11.9. The number of hydrogen-bond acceptors (Lipinski definition) is 5. The summed E-state index contributed by atoms with van der Waals surface area (Å²) in [5.74, 6) is 1.35. The summed E-state index contributed by atoms with van der Waals surface area (Å²) < 4.78 is 1.76. The first-order chi connectivity index (χ1) is 15.0. The largest absolute Gasteiger partial charge is 0.328 e. The first-order valence-electron chi connectivity index (χ1n) is 9.82. The third kappa shape index (κ3) is 3.98. The Morgan fingerprint density at radius 2 is 1.94 bits per heavy atom. The van der Waals surface area contributed by atoms with Gasteiger partial charge in [-0.1, -0.05) is 70.8 Å². The standard InChI is InChI=1S/C22H17Cl3N4OS/c23-13-8-9-14(16(25)10-13)20-19-17(6-3-7-18(19)30)26-21-27-22(28-29(20)21)31-11-12-4-1-2-5-15(12)24/h1-2,4-5,8-10,20H,3,6-7,11H2,(H,26,27,28). The molecule has 2 heterocycles. The van der Waals surface area contributed by atoms with E-state index in [0.29, 0.717) is 43.9 Å². The third-order valence-electron chi connectivity index (χ3n) is 5.42. The van der Waals surface area contributed by atoms with Gasteiger partial charge in [0.1, 0.15) is 6.04 Å². The van der Waals surface area contributed by atoms with Crippen LogP contribution in [0.25, 0.3) is 0 Å². The highest BCUT2D eigenvalue weighted by molar-refractivity contribution is 7.98. The molecule has 5 nitrogen and oxygen atoms in total. The number of anilines is 1. The van der Waals surface area contributed by atoms with Gasteiger partial charge in [-0.15, -0.1) is 5.10 Å². The second kappa shape index (κ2) is 8.51. The maximum absolute atomic E-state index is 12.9. The van der Waals surface area contributed by atoms with Crippen molar-refractivity contribution in [2.24, 2.45) is 0 Å². The van der Waals surface area contributed by atoms with Crippen molar-refractivity contribution in [3.63, 3.8) is 0 Å². The predicted octanol–water partition coefficient (Wildman–Crippen LogP) is 6.55. The van der Waals surface area contributed by atoms with Crippen LogP contribution in [0.5, 0.6) is 0 Å². The highest BCUT2D eigenvalue weighted by atomic mass is 35.5.